The van der Waals surface area contributed by atoms with Gasteiger partial charge in [0.2, 0.25) is 0 Å². The minimum atomic E-state index is -0.705. The number of non-ortho nitro benzene ring substituents is 1. The van der Waals surface area contributed by atoms with E-state index in [1.165, 1.54) is 12.1 Å². The van der Waals surface area contributed by atoms with E-state index < -0.39 is 21.8 Å². The van der Waals surface area contributed by atoms with Crippen molar-refractivity contribution in [1.29, 1.82) is 0 Å². The number of benzene rings is 1. The molecule has 20 heavy (non-hydrogen) atoms. The highest BCUT2D eigenvalue weighted by molar-refractivity contribution is 6.00. The molecule has 0 saturated carbocycles. The maximum absolute atomic E-state index is 11.6. The second-order valence-corrected chi connectivity index (χ2v) is 4.05. The van der Waals surface area contributed by atoms with Crippen LogP contribution in [0.3, 0.4) is 0 Å². The van der Waals surface area contributed by atoms with Gasteiger partial charge in [-0.25, -0.2) is 4.98 Å². The molecule has 0 radical (unpaired) electrons. The number of fused-ring (bicyclic) bond motifs is 2. The fourth-order valence-electron chi connectivity index (χ4n) is 1.96. The van der Waals surface area contributed by atoms with Crippen LogP contribution in [0, 0.1) is 10.1 Å². The van der Waals surface area contributed by atoms with Crippen molar-refractivity contribution in [2.24, 2.45) is 0 Å². The quantitative estimate of drug-likeness (QED) is 0.332. The lowest BCUT2D eigenvalue weighted by atomic mass is 10.1. The summed E-state index contributed by atoms with van der Waals surface area (Å²) in [4.78, 5) is 37.2. The molecule has 0 aliphatic carbocycles. The molecule has 9 heteroatoms. The van der Waals surface area contributed by atoms with E-state index >= 15 is 0 Å². The van der Waals surface area contributed by atoms with Gasteiger partial charge in [0.05, 0.1) is 10.4 Å². The molecule has 2 aromatic heterocycles. The lowest BCUT2D eigenvalue weighted by Gasteiger charge is -2.03. The van der Waals surface area contributed by atoms with Crippen LogP contribution in [0.15, 0.2) is 27.8 Å². The van der Waals surface area contributed by atoms with E-state index in [2.05, 4.69) is 15.2 Å². The standard InChI is InChI=1S/C11H6N4O5/c16-9-5-2-1-4(15(19)20)3-6(5)12-8-7(9)10(17)13-14-11(8)18/h1-3H,(H,12,16)(H,13,17)(H,14,18). The summed E-state index contributed by atoms with van der Waals surface area (Å²) in [5, 5.41) is 24.8. The van der Waals surface area contributed by atoms with E-state index in [0.29, 0.717) is 0 Å². The SMILES string of the molecule is O=c1[nH][nH]c(=O)c2c(O)c3ccc([N+](=O)[O-])cc3nc12. The summed E-state index contributed by atoms with van der Waals surface area (Å²) in [6.07, 6.45) is 0. The van der Waals surface area contributed by atoms with Crippen molar-refractivity contribution < 1.29 is 10.0 Å². The number of nitrogens with zero attached hydrogens (tertiary/aromatic N) is 2. The largest absolute Gasteiger partial charge is 0.506 e. The summed E-state index contributed by atoms with van der Waals surface area (Å²) in [6, 6.07) is 3.57. The Hall–Kier alpha value is -3.23. The number of H-pyrrole nitrogens is 2. The predicted molar refractivity (Wildman–Crippen MR) is 68.8 cm³/mol. The van der Waals surface area contributed by atoms with E-state index in [4.69, 9.17) is 0 Å². The molecule has 0 bridgehead atoms. The van der Waals surface area contributed by atoms with Crippen LogP contribution in [0.25, 0.3) is 21.8 Å². The van der Waals surface area contributed by atoms with Crippen LogP contribution in [0.5, 0.6) is 5.75 Å². The summed E-state index contributed by atoms with van der Waals surface area (Å²) < 4.78 is 0. The van der Waals surface area contributed by atoms with Crippen LogP contribution in [0.2, 0.25) is 0 Å². The first-order chi connectivity index (χ1) is 9.49. The van der Waals surface area contributed by atoms with E-state index in [-0.39, 0.29) is 27.5 Å². The third-order valence-corrected chi connectivity index (χ3v) is 2.88. The molecule has 0 spiro atoms. The van der Waals surface area contributed by atoms with Crippen molar-refractivity contribution in [2.45, 2.75) is 0 Å². The van der Waals surface area contributed by atoms with Gasteiger partial charge >= 0.3 is 0 Å². The number of nitro benzene ring substituents is 1. The summed E-state index contributed by atoms with van der Waals surface area (Å²) in [6.45, 7) is 0. The van der Waals surface area contributed by atoms with Gasteiger partial charge in [0.1, 0.15) is 16.7 Å². The molecule has 0 fully saturated rings. The van der Waals surface area contributed by atoms with Crippen LogP contribution in [0.1, 0.15) is 0 Å². The Morgan fingerprint density at radius 2 is 1.90 bits per heavy atom. The zero-order valence-electron chi connectivity index (χ0n) is 9.71. The molecule has 0 aliphatic rings. The number of hydrogen-bond acceptors (Lipinski definition) is 6. The number of hydrogen-bond donors (Lipinski definition) is 3. The first-order valence-corrected chi connectivity index (χ1v) is 5.41. The summed E-state index contributed by atoms with van der Waals surface area (Å²) in [5.74, 6) is -0.438. The number of aromatic nitrogens is 3. The number of nitrogens with one attached hydrogen (secondary N) is 2. The van der Waals surface area contributed by atoms with Crippen LogP contribution in [0.4, 0.5) is 5.69 Å². The Kier molecular flexibility index (Phi) is 2.30. The highest BCUT2D eigenvalue weighted by Gasteiger charge is 2.16. The van der Waals surface area contributed by atoms with E-state index in [0.717, 1.165) is 6.07 Å². The zero-order valence-corrected chi connectivity index (χ0v) is 9.71. The molecule has 9 nitrogen and oxygen atoms in total. The van der Waals surface area contributed by atoms with Crippen molar-refractivity contribution >= 4 is 27.5 Å². The Labute approximate surface area is 108 Å². The van der Waals surface area contributed by atoms with Gasteiger partial charge < -0.3 is 5.11 Å². The number of nitro groups is 1. The molecule has 0 atom stereocenters. The molecule has 2 heterocycles. The van der Waals surface area contributed by atoms with Gasteiger partial charge in [-0.1, -0.05) is 0 Å². The number of pyridine rings is 1. The average Bonchev–Trinajstić information content (AvgIpc) is 2.42. The maximum Gasteiger partial charge on any atom is 0.289 e. The van der Waals surface area contributed by atoms with E-state index in [9.17, 15) is 24.8 Å². The van der Waals surface area contributed by atoms with Gasteiger partial charge in [-0.3, -0.25) is 29.9 Å². The monoisotopic (exact) mass is 274 g/mol. The molecule has 3 aromatic rings. The van der Waals surface area contributed by atoms with Gasteiger partial charge in [-0.2, -0.15) is 0 Å². The molecule has 0 saturated heterocycles. The molecule has 0 aliphatic heterocycles. The molecule has 100 valence electrons. The Balaban J connectivity index is 2.57. The minimum absolute atomic E-state index is 0.0558. The molecule has 1 aromatic carbocycles. The second kappa shape index (κ2) is 3.88. The smallest absolute Gasteiger partial charge is 0.289 e. The van der Waals surface area contributed by atoms with Gasteiger partial charge in [0, 0.05) is 17.5 Å². The maximum atomic E-state index is 11.6. The zero-order chi connectivity index (χ0) is 14.4. The van der Waals surface area contributed by atoms with E-state index in [1.807, 2.05) is 0 Å². The normalized spacial score (nSPS) is 11.0. The number of rotatable bonds is 1. The van der Waals surface area contributed by atoms with Crippen molar-refractivity contribution in [3.63, 3.8) is 0 Å². The number of aromatic hydroxyl groups is 1. The van der Waals surface area contributed by atoms with Crippen molar-refractivity contribution in [3.8, 4) is 5.75 Å². The van der Waals surface area contributed by atoms with Gasteiger partial charge in [-0.15, -0.1) is 0 Å². The highest BCUT2D eigenvalue weighted by atomic mass is 16.6. The predicted octanol–water partition coefficient (Wildman–Crippen LogP) is 0.378. The van der Waals surface area contributed by atoms with Crippen LogP contribution in [-0.4, -0.2) is 25.2 Å². The Morgan fingerprint density at radius 1 is 1.20 bits per heavy atom. The second-order valence-electron chi connectivity index (χ2n) is 4.05. The lowest BCUT2D eigenvalue weighted by molar-refractivity contribution is -0.384. The minimum Gasteiger partial charge on any atom is -0.506 e. The van der Waals surface area contributed by atoms with Crippen LogP contribution in [-0.2, 0) is 0 Å². The first kappa shape index (κ1) is 11.8. The molecule has 3 rings (SSSR count). The third-order valence-electron chi connectivity index (χ3n) is 2.88. The molecule has 0 amide bonds. The van der Waals surface area contributed by atoms with Gasteiger partial charge in [0.15, 0.2) is 0 Å². The van der Waals surface area contributed by atoms with Gasteiger partial charge in [-0.05, 0) is 6.07 Å². The van der Waals surface area contributed by atoms with E-state index in [1.54, 1.807) is 0 Å². The van der Waals surface area contributed by atoms with Crippen molar-refractivity contribution in [2.75, 3.05) is 0 Å². The first-order valence-electron chi connectivity index (χ1n) is 5.41. The van der Waals surface area contributed by atoms with Crippen molar-refractivity contribution in [1.82, 2.24) is 15.2 Å². The average molecular weight is 274 g/mol. The van der Waals surface area contributed by atoms with Crippen LogP contribution < -0.4 is 11.1 Å². The molecule has 0 unspecified atom stereocenters. The molecular formula is C11H6N4O5. The molecule has 3 N–H and O–H groups in total. The Bertz CT molecular complexity index is 988. The summed E-state index contributed by atoms with van der Waals surface area (Å²) >= 11 is 0. The van der Waals surface area contributed by atoms with Gasteiger partial charge in [0.25, 0.3) is 16.8 Å². The van der Waals surface area contributed by atoms with Crippen molar-refractivity contribution in [3.05, 3.63) is 49.0 Å². The fourth-order valence-corrected chi connectivity index (χ4v) is 1.96. The third kappa shape index (κ3) is 1.53. The molecular weight excluding hydrogens is 268 g/mol. The highest BCUT2D eigenvalue weighted by Crippen LogP contribution is 2.30. The Morgan fingerprint density at radius 3 is 2.60 bits per heavy atom. The fraction of sp³-hybridized carbons (Fsp3) is 0. The van der Waals surface area contributed by atoms with Crippen LogP contribution >= 0.6 is 0 Å². The summed E-state index contributed by atoms with van der Waals surface area (Å²) in [7, 11) is 0. The topological polar surface area (TPSA) is 142 Å². The summed E-state index contributed by atoms with van der Waals surface area (Å²) in [5.41, 5.74) is -1.86. The number of aromatic amines is 2. The lowest BCUT2D eigenvalue weighted by Crippen LogP contribution is -2.20.